The van der Waals surface area contributed by atoms with Crippen molar-refractivity contribution in [1.29, 1.82) is 0 Å². The second kappa shape index (κ2) is 5.84. The van der Waals surface area contributed by atoms with Crippen LogP contribution in [0.3, 0.4) is 0 Å². The Morgan fingerprint density at radius 2 is 2.10 bits per heavy atom. The molecule has 0 radical (unpaired) electrons. The van der Waals surface area contributed by atoms with E-state index >= 15 is 0 Å². The van der Waals surface area contributed by atoms with Gasteiger partial charge in [0, 0.05) is 6.07 Å². The molecule has 0 fully saturated rings. The highest BCUT2D eigenvalue weighted by Crippen LogP contribution is 2.25. The summed E-state index contributed by atoms with van der Waals surface area (Å²) in [5, 5.41) is 10.9. The van der Waals surface area contributed by atoms with Crippen molar-refractivity contribution in [3.8, 4) is 0 Å². The average Bonchev–Trinajstić information content (AvgIpc) is 2.41. The molecule has 0 N–H and O–H groups in total. The molecule has 0 saturated heterocycles. The minimum atomic E-state index is -0.473. The van der Waals surface area contributed by atoms with Gasteiger partial charge < -0.3 is 0 Å². The Morgan fingerprint density at radius 1 is 1.40 bits per heavy atom. The van der Waals surface area contributed by atoms with Gasteiger partial charge in [0.1, 0.15) is 4.47 Å². The molecule has 20 heavy (non-hydrogen) atoms. The van der Waals surface area contributed by atoms with Crippen molar-refractivity contribution in [2.45, 2.75) is 13.5 Å². The number of halogens is 2. The molecule has 0 aliphatic heterocycles. The first kappa shape index (κ1) is 14.9. The van der Waals surface area contributed by atoms with Gasteiger partial charge in [0.05, 0.1) is 28.0 Å². The molecule has 0 unspecified atom stereocenters. The van der Waals surface area contributed by atoms with Gasteiger partial charge in [-0.25, -0.2) is 4.98 Å². The molecule has 0 aliphatic carbocycles. The van der Waals surface area contributed by atoms with Crippen molar-refractivity contribution >= 4 is 37.5 Å². The lowest BCUT2D eigenvalue weighted by Crippen LogP contribution is -2.22. The summed E-state index contributed by atoms with van der Waals surface area (Å²) in [5.41, 5.74) is 1.00. The van der Waals surface area contributed by atoms with E-state index in [1.807, 2.05) is 0 Å². The number of hydrogen-bond donors (Lipinski definition) is 0. The summed E-state index contributed by atoms with van der Waals surface area (Å²) >= 11 is 6.30. The van der Waals surface area contributed by atoms with E-state index in [1.165, 1.54) is 17.0 Å². The van der Waals surface area contributed by atoms with Crippen molar-refractivity contribution in [1.82, 2.24) is 9.55 Å². The molecule has 2 aromatic rings. The molecule has 8 heteroatoms. The second-order valence-electron chi connectivity index (χ2n) is 4.12. The number of rotatable bonds is 3. The molecule has 0 bridgehead atoms. The van der Waals surface area contributed by atoms with E-state index in [4.69, 9.17) is 0 Å². The maximum absolute atomic E-state index is 12.0. The molecular weight excluding hydrogens is 394 g/mol. The van der Waals surface area contributed by atoms with E-state index in [2.05, 4.69) is 36.8 Å². The van der Waals surface area contributed by atoms with Crippen molar-refractivity contribution in [2.24, 2.45) is 0 Å². The van der Waals surface area contributed by atoms with Gasteiger partial charge in [-0.1, -0.05) is 6.07 Å². The highest BCUT2D eigenvalue weighted by Gasteiger charge is 2.13. The Kier molecular flexibility index (Phi) is 4.34. The normalized spacial score (nSPS) is 10.6. The maximum Gasteiger partial charge on any atom is 0.283 e. The Bertz CT molecular complexity index is 743. The Labute approximate surface area is 130 Å². The minimum absolute atomic E-state index is 0.0327. The Balaban J connectivity index is 2.41. The van der Waals surface area contributed by atoms with Crippen LogP contribution in [-0.2, 0) is 6.54 Å². The third kappa shape index (κ3) is 2.96. The van der Waals surface area contributed by atoms with Crippen LogP contribution in [0.4, 0.5) is 5.69 Å². The van der Waals surface area contributed by atoms with Crippen LogP contribution in [0.25, 0.3) is 0 Å². The maximum atomic E-state index is 12.0. The number of nitro benzene ring substituents is 1. The first-order valence-corrected chi connectivity index (χ1v) is 7.13. The molecule has 0 aliphatic rings. The summed E-state index contributed by atoms with van der Waals surface area (Å²) in [4.78, 5) is 26.5. The van der Waals surface area contributed by atoms with E-state index in [1.54, 1.807) is 19.1 Å². The molecule has 0 spiro atoms. The van der Waals surface area contributed by atoms with Crippen LogP contribution in [0.15, 0.2) is 38.3 Å². The van der Waals surface area contributed by atoms with Crippen LogP contribution in [0, 0.1) is 17.0 Å². The fourth-order valence-electron chi connectivity index (χ4n) is 1.65. The first-order chi connectivity index (χ1) is 9.40. The Hall–Kier alpha value is -1.54. The number of benzene rings is 1. The van der Waals surface area contributed by atoms with Gasteiger partial charge in [-0.3, -0.25) is 19.5 Å². The Morgan fingerprint density at radius 3 is 2.75 bits per heavy atom. The fraction of sp³-hybridized carbons (Fsp3) is 0.167. The van der Waals surface area contributed by atoms with Crippen LogP contribution in [0.2, 0.25) is 0 Å². The largest absolute Gasteiger partial charge is 0.294 e. The zero-order valence-corrected chi connectivity index (χ0v) is 13.5. The van der Waals surface area contributed by atoms with E-state index < -0.39 is 4.92 Å². The van der Waals surface area contributed by atoms with Crippen molar-refractivity contribution in [2.75, 3.05) is 0 Å². The second-order valence-corrected chi connectivity index (χ2v) is 5.77. The number of nitrogens with zero attached hydrogens (tertiary/aromatic N) is 3. The first-order valence-electron chi connectivity index (χ1n) is 5.54. The van der Waals surface area contributed by atoms with Gasteiger partial charge in [0.15, 0.2) is 0 Å². The predicted molar refractivity (Wildman–Crippen MR) is 80.8 cm³/mol. The molecule has 1 heterocycles. The van der Waals surface area contributed by atoms with Crippen molar-refractivity contribution in [3.05, 3.63) is 65.2 Å². The molecule has 1 aromatic heterocycles. The molecule has 2 rings (SSSR count). The molecule has 0 amide bonds. The smallest absolute Gasteiger partial charge is 0.283 e. The third-order valence-corrected chi connectivity index (χ3v) is 4.30. The van der Waals surface area contributed by atoms with Gasteiger partial charge >= 0.3 is 0 Å². The summed E-state index contributed by atoms with van der Waals surface area (Å²) < 4.78 is 2.19. The molecule has 1 aromatic carbocycles. The fourth-order valence-corrected chi connectivity index (χ4v) is 2.37. The highest BCUT2D eigenvalue weighted by atomic mass is 79.9. The number of aryl methyl sites for hydroxylation is 1. The highest BCUT2D eigenvalue weighted by molar-refractivity contribution is 9.10. The molecule has 104 valence electrons. The third-order valence-electron chi connectivity index (χ3n) is 2.72. The van der Waals surface area contributed by atoms with Crippen molar-refractivity contribution < 1.29 is 4.92 Å². The van der Waals surface area contributed by atoms with Crippen LogP contribution in [0.1, 0.15) is 11.3 Å². The number of nitro groups is 1. The minimum Gasteiger partial charge on any atom is -0.294 e. The SMILES string of the molecule is Cc1ncn(Cc2ccc(Br)c([N+](=O)[O-])c2)c(=O)c1Br. The summed E-state index contributed by atoms with van der Waals surface area (Å²) in [6.45, 7) is 1.94. The lowest BCUT2D eigenvalue weighted by Gasteiger charge is -2.07. The van der Waals surface area contributed by atoms with E-state index in [9.17, 15) is 14.9 Å². The lowest BCUT2D eigenvalue weighted by molar-refractivity contribution is -0.385. The van der Waals surface area contributed by atoms with Gasteiger partial charge in [-0.15, -0.1) is 0 Å². The molecule has 0 atom stereocenters. The summed E-state index contributed by atoms with van der Waals surface area (Å²) in [6.07, 6.45) is 1.43. The van der Waals surface area contributed by atoms with Crippen LogP contribution < -0.4 is 5.56 Å². The summed E-state index contributed by atoms with van der Waals surface area (Å²) in [5.74, 6) is 0. The summed E-state index contributed by atoms with van der Waals surface area (Å²) in [6, 6.07) is 4.75. The van der Waals surface area contributed by atoms with E-state index in [0.717, 1.165) is 0 Å². The van der Waals surface area contributed by atoms with Gasteiger partial charge in [0.25, 0.3) is 11.2 Å². The van der Waals surface area contributed by atoms with E-state index in [0.29, 0.717) is 20.2 Å². The average molecular weight is 403 g/mol. The van der Waals surface area contributed by atoms with Crippen LogP contribution >= 0.6 is 31.9 Å². The zero-order valence-electron chi connectivity index (χ0n) is 10.3. The molecule has 6 nitrogen and oxygen atoms in total. The monoisotopic (exact) mass is 401 g/mol. The molecular formula is C12H9Br2N3O3. The van der Waals surface area contributed by atoms with Gasteiger partial charge in [-0.2, -0.15) is 0 Å². The van der Waals surface area contributed by atoms with E-state index in [-0.39, 0.29) is 17.8 Å². The van der Waals surface area contributed by atoms with Crippen LogP contribution in [0.5, 0.6) is 0 Å². The number of hydrogen-bond acceptors (Lipinski definition) is 4. The predicted octanol–water partition coefficient (Wildman–Crippen LogP) is 3.03. The van der Waals surface area contributed by atoms with Gasteiger partial charge in [-0.05, 0) is 50.4 Å². The lowest BCUT2D eigenvalue weighted by atomic mass is 10.2. The molecule has 0 saturated carbocycles. The zero-order chi connectivity index (χ0) is 14.9. The topological polar surface area (TPSA) is 78.0 Å². The van der Waals surface area contributed by atoms with Crippen molar-refractivity contribution in [3.63, 3.8) is 0 Å². The quantitative estimate of drug-likeness (QED) is 0.583. The standard InChI is InChI=1S/C12H9Br2N3O3/c1-7-11(14)12(18)16(6-15-7)5-8-2-3-9(13)10(4-8)17(19)20/h2-4,6H,5H2,1H3. The summed E-state index contributed by atoms with van der Waals surface area (Å²) in [7, 11) is 0. The van der Waals surface area contributed by atoms with Crippen LogP contribution in [-0.4, -0.2) is 14.5 Å². The van der Waals surface area contributed by atoms with Gasteiger partial charge in [0.2, 0.25) is 0 Å². The number of aromatic nitrogens is 2.